The van der Waals surface area contributed by atoms with E-state index in [0.717, 1.165) is 29.0 Å². The minimum Gasteiger partial charge on any atom is -0.348 e. The lowest BCUT2D eigenvalue weighted by atomic mass is 10.0. The quantitative estimate of drug-likeness (QED) is 0.848. The highest BCUT2D eigenvalue weighted by Crippen LogP contribution is 2.25. The fourth-order valence-corrected chi connectivity index (χ4v) is 4.21. The fourth-order valence-electron chi connectivity index (χ4n) is 3.36. The van der Waals surface area contributed by atoms with Crippen molar-refractivity contribution in [2.24, 2.45) is 0 Å². The van der Waals surface area contributed by atoms with Crippen molar-refractivity contribution in [3.05, 3.63) is 65.2 Å². The van der Waals surface area contributed by atoms with Crippen LogP contribution in [0.5, 0.6) is 0 Å². The number of anilines is 1. The molecule has 0 aromatic heterocycles. The van der Waals surface area contributed by atoms with Crippen molar-refractivity contribution in [1.82, 2.24) is 5.32 Å². The zero-order chi connectivity index (χ0) is 18.7. The number of hydrogen-bond donors (Lipinski definition) is 1. The van der Waals surface area contributed by atoms with E-state index in [1.165, 1.54) is 17.5 Å². The van der Waals surface area contributed by atoms with Gasteiger partial charge < -0.3 is 5.32 Å². The molecular weight excluding hydrogens is 348 g/mol. The highest BCUT2D eigenvalue weighted by atomic mass is 32.2. The Bertz CT molecular complexity index is 895. The molecule has 5 nitrogen and oxygen atoms in total. The molecule has 0 heterocycles. The van der Waals surface area contributed by atoms with Crippen molar-refractivity contribution >= 4 is 21.6 Å². The molecule has 138 valence electrons. The SMILES string of the molecule is C[C@@H](NC(=O)CN(c1ccccc1)S(C)(=O)=O)c1ccc2c(c1)CCC2. The van der Waals surface area contributed by atoms with Crippen LogP contribution in [0.25, 0.3) is 0 Å². The Morgan fingerprint density at radius 1 is 1.12 bits per heavy atom. The first kappa shape index (κ1) is 18.5. The van der Waals surface area contributed by atoms with E-state index in [-0.39, 0.29) is 18.5 Å². The predicted octanol–water partition coefficient (Wildman–Crippen LogP) is 2.82. The lowest BCUT2D eigenvalue weighted by Crippen LogP contribution is -2.41. The molecule has 0 fully saturated rings. The molecule has 3 rings (SSSR count). The average molecular weight is 372 g/mol. The molecule has 1 atom stereocenters. The number of aryl methyl sites for hydroxylation is 2. The largest absolute Gasteiger partial charge is 0.348 e. The van der Waals surface area contributed by atoms with Crippen LogP contribution in [-0.2, 0) is 27.7 Å². The highest BCUT2D eigenvalue weighted by molar-refractivity contribution is 7.92. The summed E-state index contributed by atoms with van der Waals surface area (Å²) in [5.74, 6) is -0.327. The Morgan fingerprint density at radius 3 is 2.50 bits per heavy atom. The van der Waals surface area contributed by atoms with Crippen LogP contribution in [0.1, 0.15) is 36.1 Å². The second-order valence-electron chi connectivity index (χ2n) is 6.78. The van der Waals surface area contributed by atoms with Crippen LogP contribution in [0.15, 0.2) is 48.5 Å². The molecule has 1 aliphatic carbocycles. The van der Waals surface area contributed by atoms with E-state index in [0.29, 0.717) is 5.69 Å². The molecule has 0 aliphatic heterocycles. The van der Waals surface area contributed by atoms with E-state index < -0.39 is 10.0 Å². The monoisotopic (exact) mass is 372 g/mol. The van der Waals surface area contributed by atoms with Crippen LogP contribution in [-0.4, -0.2) is 27.1 Å². The Kier molecular flexibility index (Phi) is 5.32. The second-order valence-corrected chi connectivity index (χ2v) is 8.68. The van der Waals surface area contributed by atoms with Gasteiger partial charge in [-0.15, -0.1) is 0 Å². The van der Waals surface area contributed by atoms with Gasteiger partial charge in [-0.3, -0.25) is 9.10 Å². The third-order valence-corrected chi connectivity index (χ3v) is 5.87. The molecule has 1 aliphatic rings. The Hall–Kier alpha value is -2.34. The maximum Gasteiger partial charge on any atom is 0.241 e. The molecule has 0 radical (unpaired) electrons. The molecule has 6 heteroatoms. The van der Waals surface area contributed by atoms with E-state index >= 15 is 0 Å². The van der Waals surface area contributed by atoms with Crippen LogP contribution in [0, 0.1) is 0 Å². The fraction of sp³-hybridized carbons (Fsp3) is 0.350. The molecule has 0 spiro atoms. The normalized spacial score (nSPS) is 14.5. The van der Waals surface area contributed by atoms with Gasteiger partial charge in [0.15, 0.2) is 0 Å². The van der Waals surface area contributed by atoms with Gasteiger partial charge in [-0.2, -0.15) is 0 Å². The molecule has 2 aromatic rings. The predicted molar refractivity (Wildman–Crippen MR) is 104 cm³/mol. The van der Waals surface area contributed by atoms with Gasteiger partial charge in [-0.1, -0.05) is 36.4 Å². The van der Waals surface area contributed by atoms with Crippen molar-refractivity contribution in [3.8, 4) is 0 Å². The smallest absolute Gasteiger partial charge is 0.241 e. The van der Waals surface area contributed by atoms with Crippen LogP contribution >= 0.6 is 0 Å². The maximum atomic E-state index is 12.5. The van der Waals surface area contributed by atoms with Gasteiger partial charge in [-0.05, 0) is 55.0 Å². The number of amides is 1. The van der Waals surface area contributed by atoms with Gasteiger partial charge in [-0.25, -0.2) is 8.42 Å². The highest BCUT2D eigenvalue weighted by Gasteiger charge is 2.22. The first-order valence-electron chi connectivity index (χ1n) is 8.78. The number of carbonyl (C=O) groups excluding carboxylic acids is 1. The van der Waals surface area contributed by atoms with Gasteiger partial charge in [0.05, 0.1) is 18.0 Å². The molecule has 1 amide bonds. The van der Waals surface area contributed by atoms with Gasteiger partial charge in [0, 0.05) is 0 Å². The molecular formula is C20H24N2O3S. The minimum atomic E-state index is -3.55. The van der Waals surface area contributed by atoms with Gasteiger partial charge in [0.2, 0.25) is 15.9 Å². The summed E-state index contributed by atoms with van der Waals surface area (Å²) < 4.78 is 25.3. The Labute approximate surface area is 155 Å². The van der Waals surface area contributed by atoms with Crippen molar-refractivity contribution < 1.29 is 13.2 Å². The molecule has 0 unspecified atom stereocenters. The van der Waals surface area contributed by atoms with Gasteiger partial charge in [0.25, 0.3) is 0 Å². The summed E-state index contributed by atoms with van der Waals surface area (Å²) >= 11 is 0. The maximum absolute atomic E-state index is 12.5. The van der Waals surface area contributed by atoms with Crippen LogP contribution in [0.3, 0.4) is 0 Å². The molecule has 0 saturated carbocycles. The second kappa shape index (κ2) is 7.50. The molecule has 2 aromatic carbocycles. The third kappa shape index (κ3) is 4.25. The summed E-state index contributed by atoms with van der Waals surface area (Å²) in [5.41, 5.74) is 4.27. The zero-order valence-electron chi connectivity index (χ0n) is 15.1. The summed E-state index contributed by atoms with van der Waals surface area (Å²) in [4.78, 5) is 12.5. The lowest BCUT2D eigenvalue weighted by molar-refractivity contribution is -0.120. The van der Waals surface area contributed by atoms with Gasteiger partial charge >= 0.3 is 0 Å². The van der Waals surface area contributed by atoms with E-state index in [1.807, 2.05) is 13.0 Å². The molecule has 1 N–H and O–H groups in total. The number of carbonyl (C=O) groups is 1. The molecule has 26 heavy (non-hydrogen) atoms. The first-order valence-corrected chi connectivity index (χ1v) is 10.6. The van der Waals surface area contributed by atoms with E-state index in [9.17, 15) is 13.2 Å². The Morgan fingerprint density at radius 2 is 1.81 bits per heavy atom. The Balaban J connectivity index is 1.70. The number of nitrogens with one attached hydrogen (secondary N) is 1. The van der Waals surface area contributed by atoms with Crippen LogP contribution < -0.4 is 9.62 Å². The van der Waals surface area contributed by atoms with Crippen molar-refractivity contribution in [2.75, 3.05) is 17.1 Å². The zero-order valence-corrected chi connectivity index (χ0v) is 15.9. The molecule has 0 bridgehead atoms. The number of rotatable bonds is 6. The van der Waals surface area contributed by atoms with E-state index in [2.05, 4.69) is 17.4 Å². The lowest BCUT2D eigenvalue weighted by Gasteiger charge is -2.23. The minimum absolute atomic E-state index is 0.175. The number of nitrogens with zero attached hydrogens (tertiary/aromatic N) is 1. The van der Waals surface area contributed by atoms with Crippen LogP contribution in [0.2, 0.25) is 0 Å². The number of para-hydroxylation sites is 1. The summed E-state index contributed by atoms with van der Waals surface area (Å²) in [6, 6.07) is 14.8. The summed E-state index contributed by atoms with van der Waals surface area (Å²) in [6.45, 7) is 1.68. The summed E-state index contributed by atoms with van der Waals surface area (Å²) in [7, 11) is -3.55. The summed E-state index contributed by atoms with van der Waals surface area (Å²) in [5, 5.41) is 2.91. The average Bonchev–Trinajstić information content (AvgIpc) is 3.07. The van der Waals surface area contributed by atoms with E-state index in [1.54, 1.807) is 30.3 Å². The van der Waals surface area contributed by atoms with Gasteiger partial charge in [0.1, 0.15) is 6.54 Å². The van der Waals surface area contributed by atoms with Crippen molar-refractivity contribution in [1.29, 1.82) is 0 Å². The first-order chi connectivity index (χ1) is 12.3. The number of fused-ring (bicyclic) bond motifs is 1. The number of sulfonamides is 1. The van der Waals surface area contributed by atoms with Crippen LogP contribution in [0.4, 0.5) is 5.69 Å². The molecule has 0 saturated heterocycles. The number of hydrogen-bond acceptors (Lipinski definition) is 3. The standard InChI is InChI=1S/C20H24N2O3S/c1-15(17-12-11-16-7-6-8-18(16)13-17)21-20(23)14-22(26(2,24)25)19-9-4-3-5-10-19/h3-5,9-13,15H,6-8,14H2,1-2H3,(H,21,23)/t15-/m1/s1. The van der Waals surface area contributed by atoms with E-state index in [4.69, 9.17) is 0 Å². The number of benzene rings is 2. The topological polar surface area (TPSA) is 66.5 Å². The summed E-state index contributed by atoms with van der Waals surface area (Å²) in [6.07, 6.45) is 4.49. The van der Waals surface area contributed by atoms with Crippen molar-refractivity contribution in [2.45, 2.75) is 32.2 Å². The third-order valence-electron chi connectivity index (χ3n) is 4.73. The van der Waals surface area contributed by atoms with Crippen molar-refractivity contribution in [3.63, 3.8) is 0 Å².